The van der Waals surface area contributed by atoms with Gasteiger partial charge in [0.1, 0.15) is 0 Å². The lowest BCUT2D eigenvalue weighted by Gasteiger charge is -2.29. The Bertz CT molecular complexity index is 304. The maximum absolute atomic E-state index is 12.0. The molecule has 1 aliphatic carbocycles. The van der Waals surface area contributed by atoms with E-state index in [9.17, 15) is 22.8 Å². The predicted octanol–water partition coefficient (Wildman–Crippen LogP) is 1.70. The Labute approximate surface area is 96.2 Å². The Hall–Kier alpha value is -1.27. The maximum Gasteiger partial charge on any atom is 0.471 e. The minimum atomic E-state index is -4.88. The number of aliphatic carboxylic acids is 1. The highest BCUT2D eigenvalue weighted by Gasteiger charge is 2.40. The van der Waals surface area contributed by atoms with Crippen molar-refractivity contribution in [3.63, 3.8) is 0 Å². The third kappa shape index (κ3) is 4.62. The molecule has 0 saturated heterocycles. The van der Waals surface area contributed by atoms with E-state index in [0.717, 1.165) is 0 Å². The number of hydrogen-bond acceptors (Lipinski definition) is 2. The first-order valence-electron chi connectivity index (χ1n) is 5.38. The molecule has 98 valence electrons. The van der Waals surface area contributed by atoms with E-state index in [-0.39, 0.29) is 12.3 Å². The average Bonchev–Trinajstić information content (AvgIpc) is 2.15. The second-order valence-electron chi connectivity index (χ2n) is 4.30. The van der Waals surface area contributed by atoms with Gasteiger partial charge in [-0.3, -0.25) is 9.59 Å². The molecular formula is C10H14F3NO3. The number of amides is 1. The molecule has 0 heterocycles. The minimum Gasteiger partial charge on any atom is -0.481 e. The summed E-state index contributed by atoms with van der Waals surface area (Å²) in [5.74, 6) is -3.06. The van der Waals surface area contributed by atoms with Crippen LogP contribution in [-0.4, -0.2) is 29.2 Å². The molecule has 4 nitrogen and oxygen atoms in total. The SMILES string of the molecule is O=C(O)C[C@@H]1CCC[C@H](NC(=O)C(F)(F)F)C1. The topological polar surface area (TPSA) is 66.4 Å². The van der Waals surface area contributed by atoms with Crippen molar-refractivity contribution in [3.8, 4) is 0 Å². The molecule has 0 aromatic carbocycles. The van der Waals surface area contributed by atoms with Gasteiger partial charge in [0.05, 0.1) is 0 Å². The number of carboxylic acid groups (broad SMARTS) is 1. The van der Waals surface area contributed by atoms with E-state index in [0.29, 0.717) is 25.7 Å². The molecule has 0 radical (unpaired) electrons. The van der Waals surface area contributed by atoms with Crippen LogP contribution >= 0.6 is 0 Å². The molecule has 2 atom stereocenters. The van der Waals surface area contributed by atoms with Gasteiger partial charge in [0.25, 0.3) is 0 Å². The number of nitrogens with one attached hydrogen (secondary N) is 1. The molecule has 1 rings (SSSR count). The molecule has 17 heavy (non-hydrogen) atoms. The molecule has 0 aromatic heterocycles. The third-order valence-electron chi connectivity index (χ3n) is 2.84. The Morgan fingerprint density at radius 3 is 2.47 bits per heavy atom. The summed E-state index contributed by atoms with van der Waals surface area (Å²) in [6.45, 7) is 0. The maximum atomic E-state index is 12.0. The highest BCUT2D eigenvalue weighted by Crippen LogP contribution is 2.27. The summed E-state index contributed by atoms with van der Waals surface area (Å²) >= 11 is 0. The fraction of sp³-hybridized carbons (Fsp3) is 0.800. The Morgan fingerprint density at radius 1 is 1.29 bits per heavy atom. The van der Waals surface area contributed by atoms with Gasteiger partial charge in [-0.05, 0) is 25.2 Å². The number of carbonyl (C=O) groups is 2. The van der Waals surface area contributed by atoms with Crippen molar-refractivity contribution < 1.29 is 27.9 Å². The highest BCUT2D eigenvalue weighted by molar-refractivity contribution is 5.81. The van der Waals surface area contributed by atoms with E-state index in [1.807, 2.05) is 5.32 Å². The predicted molar refractivity (Wildman–Crippen MR) is 52.2 cm³/mol. The zero-order valence-electron chi connectivity index (χ0n) is 9.09. The summed E-state index contributed by atoms with van der Waals surface area (Å²) in [4.78, 5) is 21.2. The lowest BCUT2D eigenvalue weighted by molar-refractivity contribution is -0.174. The zero-order chi connectivity index (χ0) is 13.1. The van der Waals surface area contributed by atoms with Crippen LogP contribution in [0.2, 0.25) is 0 Å². The standard InChI is InChI=1S/C10H14F3NO3/c11-10(12,13)9(17)14-7-3-1-2-6(4-7)5-8(15)16/h6-7H,1-5H2,(H,14,17)(H,15,16)/t6-,7+/m1/s1. The van der Waals surface area contributed by atoms with Gasteiger partial charge in [-0.25, -0.2) is 0 Å². The number of alkyl halides is 3. The fourth-order valence-corrected chi connectivity index (χ4v) is 2.12. The van der Waals surface area contributed by atoms with E-state index in [1.54, 1.807) is 0 Å². The first-order valence-corrected chi connectivity index (χ1v) is 5.38. The van der Waals surface area contributed by atoms with Crippen LogP contribution in [-0.2, 0) is 9.59 Å². The molecule has 7 heteroatoms. The van der Waals surface area contributed by atoms with E-state index in [2.05, 4.69) is 0 Å². The molecule has 0 unspecified atom stereocenters. The lowest BCUT2D eigenvalue weighted by Crippen LogP contribution is -2.45. The summed E-state index contributed by atoms with van der Waals surface area (Å²) < 4.78 is 36.0. The molecule has 1 amide bonds. The third-order valence-corrected chi connectivity index (χ3v) is 2.84. The monoisotopic (exact) mass is 253 g/mol. The molecule has 1 saturated carbocycles. The Balaban J connectivity index is 2.45. The van der Waals surface area contributed by atoms with Gasteiger partial charge in [-0.2, -0.15) is 13.2 Å². The van der Waals surface area contributed by atoms with Gasteiger partial charge in [0, 0.05) is 12.5 Å². The van der Waals surface area contributed by atoms with Gasteiger partial charge in [0.2, 0.25) is 0 Å². The molecule has 0 bridgehead atoms. The summed E-state index contributed by atoms with van der Waals surface area (Å²) in [5.41, 5.74) is 0. The van der Waals surface area contributed by atoms with Crippen molar-refractivity contribution in [2.24, 2.45) is 5.92 Å². The van der Waals surface area contributed by atoms with Crippen molar-refractivity contribution in [1.29, 1.82) is 0 Å². The first kappa shape index (κ1) is 13.8. The summed E-state index contributed by atoms with van der Waals surface area (Å²) in [6.07, 6.45) is -2.84. The summed E-state index contributed by atoms with van der Waals surface area (Å²) in [5, 5.41) is 10.5. The highest BCUT2D eigenvalue weighted by atomic mass is 19.4. The quantitative estimate of drug-likeness (QED) is 0.804. The molecule has 2 N–H and O–H groups in total. The van der Waals surface area contributed by atoms with Gasteiger partial charge in [-0.1, -0.05) is 6.42 Å². The largest absolute Gasteiger partial charge is 0.481 e. The first-order chi connectivity index (χ1) is 7.79. The number of carboxylic acids is 1. The normalized spacial score (nSPS) is 25.4. The molecule has 0 aliphatic heterocycles. The number of carbonyl (C=O) groups excluding carboxylic acids is 1. The van der Waals surface area contributed by atoms with Gasteiger partial charge >= 0.3 is 18.1 Å². The van der Waals surface area contributed by atoms with Gasteiger partial charge in [-0.15, -0.1) is 0 Å². The molecule has 0 spiro atoms. The van der Waals surface area contributed by atoms with Crippen molar-refractivity contribution in [2.75, 3.05) is 0 Å². The zero-order valence-corrected chi connectivity index (χ0v) is 9.09. The van der Waals surface area contributed by atoms with Gasteiger partial charge < -0.3 is 10.4 Å². The molecule has 1 fully saturated rings. The lowest BCUT2D eigenvalue weighted by atomic mass is 9.84. The van der Waals surface area contributed by atoms with Crippen LogP contribution in [0.5, 0.6) is 0 Å². The minimum absolute atomic E-state index is 0.0572. The van der Waals surface area contributed by atoms with E-state index in [1.165, 1.54) is 0 Å². The van der Waals surface area contributed by atoms with Crippen molar-refractivity contribution in [1.82, 2.24) is 5.32 Å². The second-order valence-corrected chi connectivity index (χ2v) is 4.30. The van der Waals surface area contributed by atoms with Crippen LogP contribution in [0.3, 0.4) is 0 Å². The number of halogens is 3. The molecule has 0 aromatic rings. The van der Waals surface area contributed by atoms with Gasteiger partial charge in [0.15, 0.2) is 0 Å². The van der Waals surface area contributed by atoms with Crippen LogP contribution in [0.15, 0.2) is 0 Å². The molecule has 1 aliphatic rings. The smallest absolute Gasteiger partial charge is 0.471 e. The van der Waals surface area contributed by atoms with Crippen LogP contribution in [0.25, 0.3) is 0 Å². The second kappa shape index (κ2) is 5.37. The average molecular weight is 253 g/mol. The van der Waals surface area contributed by atoms with Crippen molar-refractivity contribution >= 4 is 11.9 Å². The van der Waals surface area contributed by atoms with Crippen LogP contribution in [0.1, 0.15) is 32.1 Å². The summed E-state index contributed by atoms with van der Waals surface area (Å²) in [7, 11) is 0. The summed E-state index contributed by atoms with van der Waals surface area (Å²) in [6, 6.07) is -0.567. The van der Waals surface area contributed by atoms with Crippen LogP contribution < -0.4 is 5.32 Å². The van der Waals surface area contributed by atoms with Crippen molar-refractivity contribution in [3.05, 3.63) is 0 Å². The Morgan fingerprint density at radius 2 is 1.94 bits per heavy atom. The van der Waals surface area contributed by atoms with Crippen LogP contribution in [0.4, 0.5) is 13.2 Å². The van der Waals surface area contributed by atoms with E-state index in [4.69, 9.17) is 5.11 Å². The number of hydrogen-bond donors (Lipinski definition) is 2. The number of rotatable bonds is 3. The van der Waals surface area contributed by atoms with E-state index < -0.39 is 24.1 Å². The van der Waals surface area contributed by atoms with E-state index >= 15 is 0 Å². The molecular weight excluding hydrogens is 239 g/mol. The fourth-order valence-electron chi connectivity index (χ4n) is 2.12. The van der Waals surface area contributed by atoms with Crippen molar-refractivity contribution in [2.45, 2.75) is 44.3 Å². The Kier molecular flexibility index (Phi) is 4.36. The van der Waals surface area contributed by atoms with Crippen LogP contribution in [0, 0.1) is 5.92 Å².